The van der Waals surface area contributed by atoms with Gasteiger partial charge in [-0.1, -0.05) is 0 Å². The molecule has 1 heterocycles. The average molecular weight is 352 g/mol. The fraction of sp³-hybridized carbons (Fsp3) is 0.667. The van der Waals surface area contributed by atoms with Gasteiger partial charge in [0.1, 0.15) is 37.8 Å². The van der Waals surface area contributed by atoms with E-state index in [1.165, 1.54) is 0 Å². The maximum absolute atomic E-state index is 11.4. The molecule has 5 atom stereocenters. The van der Waals surface area contributed by atoms with Gasteiger partial charge in [-0.15, -0.1) is 0 Å². The summed E-state index contributed by atoms with van der Waals surface area (Å²) in [6.45, 7) is -0.710. The predicted molar refractivity (Wildman–Crippen MR) is 68.2 cm³/mol. The molecule has 1 aliphatic heterocycles. The van der Waals surface area contributed by atoms with E-state index in [4.69, 9.17) is 14.9 Å². The molecule has 0 radical (unpaired) electrons. The lowest BCUT2D eigenvalue weighted by molar-refractivity contribution is -0.290. The molecule has 1 fully saturated rings. The molecule has 0 aromatic rings. The molecule has 24 heavy (non-hydrogen) atoms. The van der Waals surface area contributed by atoms with Crippen molar-refractivity contribution in [1.29, 1.82) is 0 Å². The second-order valence-corrected chi connectivity index (χ2v) is 4.82. The van der Waals surface area contributed by atoms with Gasteiger partial charge in [-0.25, -0.2) is 0 Å². The molecule has 12 nitrogen and oxygen atoms in total. The topological polar surface area (TPSA) is 197 Å². The highest BCUT2D eigenvalue weighted by atomic mass is 16.7. The lowest BCUT2D eigenvalue weighted by Crippen LogP contribution is -2.60. The average Bonchev–Trinajstić information content (AvgIpc) is 2.44. The van der Waals surface area contributed by atoms with Gasteiger partial charge < -0.3 is 39.7 Å². The van der Waals surface area contributed by atoms with E-state index in [1.54, 1.807) is 0 Å². The van der Waals surface area contributed by atoms with Crippen molar-refractivity contribution in [2.45, 2.75) is 43.5 Å². The molecule has 0 amide bonds. The standard InChI is InChI=1S/C12H16O12/c13-5(14)1-7(17)22-3-4-11(24-8(18)2-6(15)16)9(19)10(20)12(21)23-4/h4,9-12,19-21H,1-3H2,(H,13,14)(H,15,16)/t4-,9-,10-,11-,12-/m1/s1. The third-order valence-corrected chi connectivity index (χ3v) is 2.93. The van der Waals surface area contributed by atoms with Crippen molar-refractivity contribution < 1.29 is 58.9 Å². The quantitative estimate of drug-likeness (QED) is 0.228. The minimum atomic E-state index is -1.89. The molecule has 1 saturated heterocycles. The molecule has 12 heteroatoms. The minimum Gasteiger partial charge on any atom is -0.481 e. The van der Waals surface area contributed by atoms with Crippen molar-refractivity contribution in [2.24, 2.45) is 0 Å². The van der Waals surface area contributed by atoms with Crippen LogP contribution in [-0.4, -0.2) is 86.7 Å². The highest BCUT2D eigenvalue weighted by Gasteiger charge is 2.46. The number of hydrogen-bond donors (Lipinski definition) is 5. The zero-order valence-electron chi connectivity index (χ0n) is 12.1. The first-order chi connectivity index (χ1) is 11.1. The number of aliphatic hydroxyl groups excluding tert-OH is 3. The van der Waals surface area contributed by atoms with Crippen molar-refractivity contribution in [3.05, 3.63) is 0 Å². The van der Waals surface area contributed by atoms with Crippen LogP contribution in [-0.2, 0) is 33.4 Å². The summed E-state index contributed by atoms with van der Waals surface area (Å²) < 4.78 is 14.1. The van der Waals surface area contributed by atoms with E-state index >= 15 is 0 Å². The molecular formula is C12H16O12. The zero-order chi connectivity index (χ0) is 18.4. The largest absolute Gasteiger partial charge is 0.481 e. The van der Waals surface area contributed by atoms with Crippen LogP contribution < -0.4 is 0 Å². The third kappa shape index (κ3) is 5.73. The number of carboxylic acids is 2. The smallest absolute Gasteiger partial charge is 0.317 e. The number of carboxylic acid groups (broad SMARTS) is 2. The van der Waals surface area contributed by atoms with Gasteiger partial charge in [0.15, 0.2) is 12.4 Å². The first kappa shape index (κ1) is 19.8. The summed E-state index contributed by atoms with van der Waals surface area (Å²) in [5.74, 6) is -5.38. The van der Waals surface area contributed by atoms with Gasteiger partial charge in [0.05, 0.1) is 0 Å². The van der Waals surface area contributed by atoms with Crippen molar-refractivity contribution in [3.63, 3.8) is 0 Å². The maximum atomic E-state index is 11.4. The fourth-order valence-corrected chi connectivity index (χ4v) is 1.87. The summed E-state index contributed by atoms with van der Waals surface area (Å²) in [7, 11) is 0. The lowest BCUT2D eigenvalue weighted by atomic mass is 9.99. The Hall–Kier alpha value is -2.28. The normalized spacial score (nSPS) is 29.5. The fourth-order valence-electron chi connectivity index (χ4n) is 1.87. The van der Waals surface area contributed by atoms with Gasteiger partial charge >= 0.3 is 23.9 Å². The van der Waals surface area contributed by atoms with E-state index in [2.05, 4.69) is 9.47 Å². The highest BCUT2D eigenvalue weighted by Crippen LogP contribution is 2.23. The van der Waals surface area contributed by atoms with Crippen LogP contribution >= 0.6 is 0 Å². The van der Waals surface area contributed by atoms with Gasteiger partial charge in [-0.3, -0.25) is 19.2 Å². The summed E-state index contributed by atoms with van der Waals surface area (Å²) in [6.07, 6.45) is -10.7. The molecule has 0 unspecified atom stereocenters. The van der Waals surface area contributed by atoms with E-state index < -0.39 is 74.0 Å². The molecule has 1 rings (SSSR count). The van der Waals surface area contributed by atoms with Crippen LogP contribution in [0.1, 0.15) is 12.8 Å². The number of rotatable bonds is 7. The summed E-state index contributed by atoms with van der Waals surface area (Å²) in [5, 5.41) is 45.7. The summed E-state index contributed by atoms with van der Waals surface area (Å²) in [4.78, 5) is 43.4. The van der Waals surface area contributed by atoms with Crippen LogP contribution in [0.5, 0.6) is 0 Å². The van der Waals surface area contributed by atoms with E-state index in [1.807, 2.05) is 0 Å². The van der Waals surface area contributed by atoms with Crippen molar-refractivity contribution in [3.8, 4) is 0 Å². The molecule has 0 spiro atoms. The number of ether oxygens (including phenoxy) is 3. The molecule has 136 valence electrons. The number of aliphatic carboxylic acids is 2. The first-order valence-electron chi connectivity index (χ1n) is 6.60. The van der Waals surface area contributed by atoms with Crippen LogP contribution in [0.3, 0.4) is 0 Å². The van der Waals surface area contributed by atoms with Crippen molar-refractivity contribution in [1.82, 2.24) is 0 Å². The Balaban J connectivity index is 2.75. The first-order valence-corrected chi connectivity index (χ1v) is 6.60. The van der Waals surface area contributed by atoms with Crippen LogP contribution in [0.15, 0.2) is 0 Å². The molecule has 5 N–H and O–H groups in total. The Labute approximate surface area is 134 Å². The summed E-state index contributed by atoms with van der Waals surface area (Å²) in [5.41, 5.74) is 0. The maximum Gasteiger partial charge on any atom is 0.317 e. The van der Waals surface area contributed by atoms with Gasteiger partial charge in [0.25, 0.3) is 0 Å². The molecule has 0 bridgehead atoms. The van der Waals surface area contributed by atoms with Crippen molar-refractivity contribution >= 4 is 23.9 Å². The Morgan fingerprint density at radius 2 is 1.42 bits per heavy atom. The second kappa shape index (κ2) is 8.54. The van der Waals surface area contributed by atoms with E-state index in [-0.39, 0.29) is 0 Å². The Morgan fingerprint density at radius 3 is 1.96 bits per heavy atom. The minimum absolute atomic E-state index is 0.710. The van der Waals surface area contributed by atoms with Gasteiger partial charge in [-0.2, -0.15) is 0 Å². The Kier molecular flexibility index (Phi) is 7.03. The van der Waals surface area contributed by atoms with E-state index in [9.17, 15) is 34.5 Å². The predicted octanol–water partition coefficient (Wildman–Crippen LogP) is -3.17. The number of hydrogen-bond acceptors (Lipinski definition) is 10. The molecule has 0 aliphatic carbocycles. The zero-order valence-corrected chi connectivity index (χ0v) is 12.1. The molecule has 0 saturated carbocycles. The van der Waals surface area contributed by atoms with Gasteiger partial charge in [0, 0.05) is 0 Å². The van der Waals surface area contributed by atoms with Crippen LogP contribution in [0.4, 0.5) is 0 Å². The van der Waals surface area contributed by atoms with Crippen LogP contribution in [0.25, 0.3) is 0 Å². The number of carbonyl (C=O) groups excluding carboxylic acids is 2. The van der Waals surface area contributed by atoms with Crippen LogP contribution in [0, 0.1) is 0 Å². The number of aliphatic hydroxyl groups is 3. The SMILES string of the molecule is O=C(O)CC(=O)OC[C@H]1O[C@@H](O)[C@H](O)[C@@H](O)[C@@H]1OC(=O)CC(=O)O. The monoisotopic (exact) mass is 352 g/mol. The second-order valence-electron chi connectivity index (χ2n) is 4.82. The van der Waals surface area contributed by atoms with Gasteiger partial charge in [0.2, 0.25) is 0 Å². The third-order valence-electron chi connectivity index (χ3n) is 2.93. The van der Waals surface area contributed by atoms with Crippen LogP contribution in [0.2, 0.25) is 0 Å². The van der Waals surface area contributed by atoms with E-state index in [0.717, 1.165) is 0 Å². The molecule has 0 aromatic carbocycles. The lowest BCUT2D eigenvalue weighted by Gasteiger charge is -2.39. The Bertz CT molecular complexity index is 502. The molecule has 0 aromatic heterocycles. The summed E-state index contributed by atoms with van der Waals surface area (Å²) in [6, 6.07) is 0. The highest BCUT2D eigenvalue weighted by molar-refractivity contribution is 5.90. The Morgan fingerprint density at radius 1 is 0.875 bits per heavy atom. The summed E-state index contributed by atoms with van der Waals surface area (Å²) >= 11 is 0. The van der Waals surface area contributed by atoms with Gasteiger partial charge in [-0.05, 0) is 0 Å². The molecule has 1 aliphatic rings. The van der Waals surface area contributed by atoms with Crippen molar-refractivity contribution in [2.75, 3.05) is 6.61 Å². The molecular weight excluding hydrogens is 336 g/mol. The van der Waals surface area contributed by atoms with E-state index in [0.29, 0.717) is 0 Å². The number of esters is 2. The number of carbonyl (C=O) groups is 4.